The van der Waals surface area contributed by atoms with Gasteiger partial charge < -0.3 is 4.74 Å². The van der Waals surface area contributed by atoms with E-state index in [9.17, 15) is 4.79 Å². The molecule has 0 aliphatic rings. The smallest absolute Gasteiger partial charge is 0.308 e. The second kappa shape index (κ2) is 25.1. The molecule has 0 radical (unpaired) electrons. The molecule has 0 rings (SSSR count). The first-order chi connectivity index (χ1) is 15.6. The molecule has 192 valence electrons. The van der Waals surface area contributed by atoms with Crippen LogP contribution in [-0.2, 0) is 9.53 Å². The number of carbonyl (C=O) groups is 1. The van der Waals surface area contributed by atoms with Crippen molar-refractivity contribution >= 4 is 5.97 Å². The zero-order chi connectivity index (χ0) is 23.7. The van der Waals surface area contributed by atoms with Gasteiger partial charge in [0, 0.05) is 0 Å². The predicted octanol–water partition coefficient (Wildman–Crippen LogP) is 10.4. The minimum absolute atomic E-state index is 0.0659. The van der Waals surface area contributed by atoms with Crippen molar-refractivity contribution in [3.05, 3.63) is 0 Å². The van der Waals surface area contributed by atoms with Crippen molar-refractivity contribution in [1.29, 1.82) is 0 Å². The second-order valence-corrected chi connectivity index (χ2v) is 10.7. The van der Waals surface area contributed by atoms with Crippen molar-refractivity contribution < 1.29 is 9.53 Å². The number of ether oxygens (including phenoxy) is 1. The Hall–Kier alpha value is -0.530. The number of rotatable bonds is 25. The van der Waals surface area contributed by atoms with E-state index >= 15 is 0 Å². The summed E-state index contributed by atoms with van der Waals surface area (Å²) < 4.78 is 5.56. The van der Waals surface area contributed by atoms with E-state index in [2.05, 4.69) is 27.7 Å². The number of carbonyl (C=O) groups excluding carboxylic acids is 1. The molecule has 2 nitrogen and oxygen atoms in total. The maximum atomic E-state index is 12.5. The van der Waals surface area contributed by atoms with Crippen LogP contribution in [0.1, 0.15) is 169 Å². The first-order valence-electron chi connectivity index (χ1n) is 14.8. The minimum atomic E-state index is 0.0659. The molecule has 0 fully saturated rings. The fraction of sp³-hybridized carbons (Fsp3) is 0.967. The van der Waals surface area contributed by atoms with Gasteiger partial charge in [0.2, 0.25) is 0 Å². The summed E-state index contributed by atoms with van der Waals surface area (Å²) >= 11 is 0. The quantitative estimate of drug-likeness (QED) is 0.102. The van der Waals surface area contributed by atoms with Gasteiger partial charge in [0.05, 0.1) is 12.5 Å². The van der Waals surface area contributed by atoms with Gasteiger partial charge in [0.15, 0.2) is 0 Å². The van der Waals surface area contributed by atoms with E-state index in [-0.39, 0.29) is 11.9 Å². The lowest BCUT2D eigenvalue weighted by atomic mass is 9.94. The Kier molecular flexibility index (Phi) is 24.7. The SMILES string of the molecule is CCCCCCCCCCCCCCCCCCC(CCCCCC)C(=O)OCC(C)C. The number of hydrogen-bond acceptors (Lipinski definition) is 2. The average Bonchev–Trinajstić information content (AvgIpc) is 2.78. The van der Waals surface area contributed by atoms with Crippen LogP contribution >= 0.6 is 0 Å². The summed E-state index contributed by atoms with van der Waals surface area (Å²) in [5.41, 5.74) is 0. The van der Waals surface area contributed by atoms with Gasteiger partial charge >= 0.3 is 5.97 Å². The molecule has 0 spiro atoms. The van der Waals surface area contributed by atoms with Crippen molar-refractivity contribution in [3.63, 3.8) is 0 Å². The third-order valence-corrected chi connectivity index (χ3v) is 6.70. The zero-order valence-corrected chi connectivity index (χ0v) is 22.7. The molecule has 0 bridgehead atoms. The van der Waals surface area contributed by atoms with E-state index in [1.54, 1.807) is 0 Å². The van der Waals surface area contributed by atoms with Crippen molar-refractivity contribution in [2.24, 2.45) is 11.8 Å². The lowest BCUT2D eigenvalue weighted by Gasteiger charge is -2.17. The highest BCUT2D eigenvalue weighted by Gasteiger charge is 2.19. The lowest BCUT2D eigenvalue weighted by Crippen LogP contribution is -2.20. The standard InChI is InChI=1S/C30H60O2/c1-5-7-9-11-12-13-14-15-16-17-18-19-20-21-22-24-26-29(25-23-10-8-6-2)30(31)32-27-28(3)4/h28-29H,5-27H2,1-4H3. The first-order valence-corrected chi connectivity index (χ1v) is 14.8. The molecule has 32 heavy (non-hydrogen) atoms. The van der Waals surface area contributed by atoms with Crippen molar-refractivity contribution in [2.75, 3.05) is 6.61 Å². The lowest BCUT2D eigenvalue weighted by molar-refractivity contribution is -0.150. The summed E-state index contributed by atoms with van der Waals surface area (Å²) in [5, 5.41) is 0. The molecule has 1 atom stereocenters. The molecule has 2 heteroatoms. The van der Waals surface area contributed by atoms with Crippen LogP contribution in [0.25, 0.3) is 0 Å². The zero-order valence-electron chi connectivity index (χ0n) is 22.7. The molecule has 0 aliphatic heterocycles. The Morgan fingerprint density at radius 3 is 1.19 bits per heavy atom. The van der Waals surface area contributed by atoms with Gasteiger partial charge in [-0.3, -0.25) is 4.79 Å². The molecule has 0 aromatic carbocycles. The van der Waals surface area contributed by atoms with Crippen LogP contribution in [0.2, 0.25) is 0 Å². The third kappa shape index (κ3) is 22.7. The van der Waals surface area contributed by atoms with Crippen LogP contribution in [-0.4, -0.2) is 12.6 Å². The van der Waals surface area contributed by atoms with Gasteiger partial charge in [0.25, 0.3) is 0 Å². The van der Waals surface area contributed by atoms with Crippen LogP contribution in [0.4, 0.5) is 0 Å². The summed E-state index contributed by atoms with van der Waals surface area (Å²) in [6.07, 6.45) is 29.3. The van der Waals surface area contributed by atoms with Gasteiger partial charge in [-0.05, 0) is 18.8 Å². The van der Waals surface area contributed by atoms with Gasteiger partial charge in [-0.2, -0.15) is 0 Å². The largest absolute Gasteiger partial charge is 0.465 e. The fourth-order valence-electron chi connectivity index (χ4n) is 4.50. The Morgan fingerprint density at radius 2 is 0.844 bits per heavy atom. The summed E-state index contributed by atoms with van der Waals surface area (Å²) in [4.78, 5) is 12.5. The Labute approximate surface area is 203 Å². The monoisotopic (exact) mass is 452 g/mol. The van der Waals surface area contributed by atoms with Crippen molar-refractivity contribution in [3.8, 4) is 0 Å². The Morgan fingerprint density at radius 1 is 0.531 bits per heavy atom. The van der Waals surface area contributed by atoms with E-state index in [1.165, 1.54) is 128 Å². The molecular formula is C30H60O2. The maximum Gasteiger partial charge on any atom is 0.308 e. The highest BCUT2D eigenvalue weighted by molar-refractivity contribution is 5.72. The van der Waals surface area contributed by atoms with Crippen LogP contribution in [0.15, 0.2) is 0 Å². The minimum Gasteiger partial charge on any atom is -0.465 e. The second-order valence-electron chi connectivity index (χ2n) is 10.7. The summed E-state index contributed by atoms with van der Waals surface area (Å²) in [6.45, 7) is 9.33. The molecule has 0 aliphatic carbocycles. The van der Waals surface area contributed by atoms with E-state index < -0.39 is 0 Å². The highest BCUT2D eigenvalue weighted by atomic mass is 16.5. The van der Waals surface area contributed by atoms with Crippen LogP contribution < -0.4 is 0 Å². The topological polar surface area (TPSA) is 26.3 Å². The number of hydrogen-bond donors (Lipinski definition) is 0. The third-order valence-electron chi connectivity index (χ3n) is 6.70. The van der Waals surface area contributed by atoms with Crippen LogP contribution in [0.3, 0.4) is 0 Å². The van der Waals surface area contributed by atoms with E-state index in [0.717, 1.165) is 12.8 Å². The molecule has 0 amide bonds. The van der Waals surface area contributed by atoms with Crippen LogP contribution in [0, 0.1) is 11.8 Å². The fourth-order valence-corrected chi connectivity index (χ4v) is 4.50. The van der Waals surface area contributed by atoms with Crippen molar-refractivity contribution in [1.82, 2.24) is 0 Å². The summed E-state index contributed by atoms with van der Waals surface area (Å²) in [6, 6.07) is 0. The van der Waals surface area contributed by atoms with Gasteiger partial charge in [-0.15, -0.1) is 0 Å². The molecule has 0 aromatic heterocycles. The Bertz CT molecular complexity index is 377. The molecule has 0 N–H and O–H groups in total. The van der Waals surface area contributed by atoms with Gasteiger partial charge in [0.1, 0.15) is 0 Å². The molecule has 0 heterocycles. The average molecular weight is 453 g/mol. The van der Waals surface area contributed by atoms with Crippen molar-refractivity contribution in [2.45, 2.75) is 169 Å². The summed E-state index contributed by atoms with van der Waals surface area (Å²) in [7, 11) is 0. The number of unbranched alkanes of at least 4 members (excludes halogenated alkanes) is 18. The first kappa shape index (κ1) is 31.5. The molecule has 0 aromatic rings. The van der Waals surface area contributed by atoms with Gasteiger partial charge in [-0.25, -0.2) is 0 Å². The molecule has 0 saturated heterocycles. The summed E-state index contributed by atoms with van der Waals surface area (Å²) in [5.74, 6) is 0.628. The molecule has 0 saturated carbocycles. The molecule has 1 unspecified atom stereocenters. The number of esters is 1. The highest BCUT2D eigenvalue weighted by Crippen LogP contribution is 2.21. The van der Waals surface area contributed by atoms with E-state index in [4.69, 9.17) is 4.74 Å². The molecular weight excluding hydrogens is 392 g/mol. The van der Waals surface area contributed by atoms with E-state index in [0.29, 0.717) is 12.5 Å². The van der Waals surface area contributed by atoms with E-state index in [1.807, 2.05) is 0 Å². The maximum absolute atomic E-state index is 12.5. The van der Waals surface area contributed by atoms with Crippen LogP contribution in [0.5, 0.6) is 0 Å². The predicted molar refractivity (Wildman–Crippen MR) is 142 cm³/mol. The normalized spacial score (nSPS) is 12.4. The Balaban J connectivity index is 3.63. The van der Waals surface area contributed by atoms with Gasteiger partial charge in [-0.1, -0.05) is 156 Å².